The predicted octanol–water partition coefficient (Wildman–Crippen LogP) is 2.31. The van der Waals surface area contributed by atoms with E-state index in [2.05, 4.69) is 0 Å². The van der Waals surface area contributed by atoms with Crippen LogP contribution in [-0.4, -0.2) is 46.8 Å². The van der Waals surface area contributed by atoms with Gasteiger partial charge in [-0.15, -0.1) is 0 Å². The molecule has 112 valence electrons. The SMILES string of the molecule is C[C@H]1C(=O)N2CCC[C@@H]2CN1C(=O)c1ccc(F)c(Cl)c1. The van der Waals surface area contributed by atoms with Crippen LogP contribution in [0.4, 0.5) is 4.39 Å². The van der Waals surface area contributed by atoms with Gasteiger partial charge in [0, 0.05) is 24.7 Å². The van der Waals surface area contributed by atoms with E-state index in [4.69, 9.17) is 11.6 Å². The second kappa shape index (κ2) is 5.30. The Morgan fingerprint density at radius 2 is 2.19 bits per heavy atom. The molecule has 2 saturated heterocycles. The van der Waals surface area contributed by atoms with E-state index in [1.54, 1.807) is 11.8 Å². The van der Waals surface area contributed by atoms with Crippen molar-refractivity contribution in [1.82, 2.24) is 9.80 Å². The molecule has 2 aliphatic heterocycles. The Labute approximate surface area is 127 Å². The topological polar surface area (TPSA) is 40.6 Å². The summed E-state index contributed by atoms with van der Waals surface area (Å²) in [7, 11) is 0. The van der Waals surface area contributed by atoms with Gasteiger partial charge in [0.15, 0.2) is 0 Å². The maximum Gasteiger partial charge on any atom is 0.254 e. The van der Waals surface area contributed by atoms with E-state index in [1.165, 1.54) is 18.2 Å². The van der Waals surface area contributed by atoms with Crippen molar-refractivity contribution in [2.75, 3.05) is 13.1 Å². The lowest BCUT2D eigenvalue weighted by molar-refractivity contribution is -0.141. The molecule has 0 radical (unpaired) electrons. The summed E-state index contributed by atoms with van der Waals surface area (Å²) in [5.74, 6) is -0.840. The zero-order valence-corrected chi connectivity index (χ0v) is 12.4. The molecule has 0 aliphatic carbocycles. The fraction of sp³-hybridized carbons (Fsp3) is 0.467. The molecule has 21 heavy (non-hydrogen) atoms. The van der Waals surface area contributed by atoms with Crippen molar-refractivity contribution in [1.29, 1.82) is 0 Å². The lowest BCUT2D eigenvalue weighted by atomic mass is 10.1. The first-order valence-corrected chi connectivity index (χ1v) is 7.43. The standard InChI is InChI=1S/C15H16ClFN2O2/c1-9-14(20)18-6-2-3-11(18)8-19(9)15(21)10-4-5-13(17)12(16)7-10/h4-5,7,9,11H,2-3,6,8H2,1H3/t9-,11+/m0/s1. The number of benzene rings is 1. The number of amides is 2. The molecule has 0 bridgehead atoms. The van der Waals surface area contributed by atoms with Crippen molar-refractivity contribution < 1.29 is 14.0 Å². The van der Waals surface area contributed by atoms with Gasteiger partial charge < -0.3 is 9.80 Å². The molecule has 4 nitrogen and oxygen atoms in total. The lowest BCUT2D eigenvalue weighted by Crippen LogP contribution is -2.60. The van der Waals surface area contributed by atoms with E-state index in [-0.39, 0.29) is 22.9 Å². The van der Waals surface area contributed by atoms with Gasteiger partial charge in [-0.1, -0.05) is 11.6 Å². The molecular formula is C15H16ClFN2O2. The van der Waals surface area contributed by atoms with Crippen molar-refractivity contribution in [2.45, 2.75) is 31.8 Å². The first-order chi connectivity index (χ1) is 9.99. The molecule has 2 atom stereocenters. The number of hydrogen-bond acceptors (Lipinski definition) is 2. The fourth-order valence-electron chi connectivity index (χ4n) is 3.13. The summed E-state index contributed by atoms with van der Waals surface area (Å²) in [6.45, 7) is 3.04. The molecule has 0 N–H and O–H groups in total. The summed E-state index contributed by atoms with van der Waals surface area (Å²) in [5.41, 5.74) is 0.312. The van der Waals surface area contributed by atoms with Gasteiger partial charge in [-0.3, -0.25) is 9.59 Å². The Morgan fingerprint density at radius 3 is 2.90 bits per heavy atom. The van der Waals surface area contributed by atoms with Crippen molar-refractivity contribution >= 4 is 23.4 Å². The van der Waals surface area contributed by atoms with Gasteiger partial charge in [0.05, 0.1) is 5.02 Å². The van der Waals surface area contributed by atoms with E-state index >= 15 is 0 Å². The van der Waals surface area contributed by atoms with Gasteiger partial charge in [-0.25, -0.2) is 4.39 Å². The normalized spacial score (nSPS) is 25.2. The van der Waals surface area contributed by atoms with Gasteiger partial charge in [-0.05, 0) is 38.0 Å². The number of piperazine rings is 1. The largest absolute Gasteiger partial charge is 0.336 e. The molecule has 0 saturated carbocycles. The zero-order chi connectivity index (χ0) is 15.1. The third-order valence-corrected chi connectivity index (χ3v) is 4.61. The van der Waals surface area contributed by atoms with Crippen LogP contribution in [0, 0.1) is 5.82 Å². The van der Waals surface area contributed by atoms with Gasteiger partial charge >= 0.3 is 0 Å². The lowest BCUT2D eigenvalue weighted by Gasteiger charge is -2.41. The molecule has 1 aromatic carbocycles. The summed E-state index contributed by atoms with van der Waals surface area (Å²) < 4.78 is 13.2. The summed E-state index contributed by atoms with van der Waals surface area (Å²) in [5, 5.41) is -0.0840. The Morgan fingerprint density at radius 1 is 1.43 bits per heavy atom. The molecule has 6 heteroatoms. The summed E-state index contributed by atoms with van der Waals surface area (Å²) in [6.07, 6.45) is 1.90. The van der Waals surface area contributed by atoms with Crippen LogP contribution in [0.3, 0.4) is 0 Å². The Hall–Kier alpha value is -1.62. The molecule has 2 fully saturated rings. The third kappa shape index (κ3) is 2.39. The highest BCUT2D eigenvalue weighted by Crippen LogP contribution is 2.27. The summed E-state index contributed by atoms with van der Waals surface area (Å²) in [6, 6.07) is 3.51. The average molecular weight is 311 g/mol. The van der Waals surface area contributed by atoms with Crippen molar-refractivity contribution in [3.63, 3.8) is 0 Å². The fourth-order valence-corrected chi connectivity index (χ4v) is 3.31. The maximum atomic E-state index is 13.2. The van der Waals surface area contributed by atoms with E-state index in [0.717, 1.165) is 19.4 Å². The van der Waals surface area contributed by atoms with Crippen LogP contribution in [0.25, 0.3) is 0 Å². The number of carbonyl (C=O) groups excluding carboxylic acids is 2. The second-order valence-electron chi connectivity index (χ2n) is 5.59. The number of halogens is 2. The van der Waals surface area contributed by atoms with Crippen LogP contribution in [0.15, 0.2) is 18.2 Å². The molecule has 0 spiro atoms. The van der Waals surface area contributed by atoms with Crippen LogP contribution in [0.5, 0.6) is 0 Å². The summed E-state index contributed by atoms with van der Waals surface area (Å²) in [4.78, 5) is 28.3. The molecule has 0 unspecified atom stereocenters. The number of carbonyl (C=O) groups is 2. The zero-order valence-electron chi connectivity index (χ0n) is 11.7. The van der Waals surface area contributed by atoms with E-state index in [1.807, 2.05) is 4.90 Å². The minimum absolute atomic E-state index is 0.00897. The molecule has 2 aliphatic rings. The Kier molecular flexibility index (Phi) is 3.61. The molecule has 0 aromatic heterocycles. The first kappa shape index (κ1) is 14.3. The maximum absolute atomic E-state index is 13.2. The van der Waals surface area contributed by atoms with E-state index < -0.39 is 11.9 Å². The van der Waals surface area contributed by atoms with Crippen LogP contribution in [-0.2, 0) is 4.79 Å². The van der Waals surface area contributed by atoms with Crippen molar-refractivity contribution in [3.05, 3.63) is 34.6 Å². The molecule has 2 heterocycles. The number of hydrogen-bond donors (Lipinski definition) is 0. The highest BCUT2D eigenvalue weighted by molar-refractivity contribution is 6.31. The predicted molar refractivity (Wildman–Crippen MR) is 76.6 cm³/mol. The first-order valence-electron chi connectivity index (χ1n) is 7.05. The highest BCUT2D eigenvalue weighted by atomic mass is 35.5. The van der Waals surface area contributed by atoms with Crippen LogP contribution in [0.2, 0.25) is 5.02 Å². The highest BCUT2D eigenvalue weighted by Gasteiger charge is 2.42. The molecular weight excluding hydrogens is 295 g/mol. The quantitative estimate of drug-likeness (QED) is 0.798. The molecule has 2 amide bonds. The monoisotopic (exact) mass is 310 g/mol. The second-order valence-corrected chi connectivity index (χ2v) is 6.00. The third-order valence-electron chi connectivity index (χ3n) is 4.32. The molecule has 1 aromatic rings. The van der Waals surface area contributed by atoms with Gasteiger partial charge in [0.1, 0.15) is 11.9 Å². The van der Waals surface area contributed by atoms with Crippen LogP contribution in [0.1, 0.15) is 30.1 Å². The van der Waals surface area contributed by atoms with Gasteiger partial charge in [0.25, 0.3) is 5.91 Å². The number of rotatable bonds is 1. The minimum Gasteiger partial charge on any atom is -0.336 e. The number of nitrogens with zero attached hydrogens (tertiary/aromatic N) is 2. The van der Waals surface area contributed by atoms with E-state index in [0.29, 0.717) is 12.1 Å². The van der Waals surface area contributed by atoms with Crippen LogP contribution < -0.4 is 0 Å². The van der Waals surface area contributed by atoms with Gasteiger partial charge in [0.2, 0.25) is 5.91 Å². The average Bonchev–Trinajstić information content (AvgIpc) is 2.93. The van der Waals surface area contributed by atoms with Crippen LogP contribution >= 0.6 is 11.6 Å². The summed E-state index contributed by atoms with van der Waals surface area (Å²) >= 11 is 5.73. The van der Waals surface area contributed by atoms with E-state index in [9.17, 15) is 14.0 Å². The number of fused-ring (bicyclic) bond motifs is 1. The minimum atomic E-state index is -0.557. The van der Waals surface area contributed by atoms with Gasteiger partial charge in [-0.2, -0.15) is 0 Å². The Balaban J connectivity index is 1.86. The molecule has 3 rings (SSSR count). The van der Waals surface area contributed by atoms with Crippen molar-refractivity contribution in [3.8, 4) is 0 Å². The van der Waals surface area contributed by atoms with Crippen molar-refractivity contribution in [2.24, 2.45) is 0 Å². The smallest absolute Gasteiger partial charge is 0.254 e. The Bertz CT molecular complexity index is 607.